The first kappa shape index (κ1) is 27.0. The molecule has 0 aliphatic rings. The summed E-state index contributed by atoms with van der Waals surface area (Å²) < 4.78 is 16.6. The Morgan fingerprint density at radius 3 is 1.58 bits per heavy atom. The highest BCUT2D eigenvalue weighted by Crippen LogP contribution is 2.21. The predicted molar refractivity (Wildman–Crippen MR) is 142 cm³/mol. The third kappa shape index (κ3) is 8.88. The summed E-state index contributed by atoms with van der Waals surface area (Å²) in [6.45, 7) is 5.02. The molecule has 0 unspecified atom stereocenters. The summed E-state index contributed by atoms with van der Waals surface area (Å²) in [5.41, 5.74) is 2.03. The first-order valence-electron chi connectivity index (χ1n) is 12.9. The number of carbonyl (C=O) groups excluding carboxylic acids is 2. The molecule has 0 aromatic heterocycles. The van der Waals surface area contributed by atoms with Crippen molar-refractivity contribution in [3.8, 4) is 17.2 Å². The lowest BCUT2D eigenvalue weighted by Gasteiger charge is -2.09. The SMILES string of the molecule is CCCCCCCCOc1ccc(OC(=O)c2ccc(OC(=O)c3ccc(CCC)cc3)cc2)cc1. The summed E-state index contributed by atoms with van der Waals surface area (Å²) in [5, 5.41) is 0. The molecule has 3 rings (SSSR count). The monoisotopic (exact) mass is 488 g/mol. The minimum absolute atomic E-state index is 0.362. The van der Waals surface area contributed by atoms with Crippen LogP contribution in [0.1, 0.15) is 85.1 Å². The lowest BCUT2D eigenvalue weighted by Crippen LogP contribution is -2.10. The molecule has 0 bridgehead atoms. The second kappa shape index (κ2) is 14.7. The molecule has 0 radical (unpaired) electrons. The van der Waals surface area contributed by atoms with Crippen molar-refractivity contribution >= 4 is 11.9 Å². The van der Waals surface area contributed by atoms with Crippen LogP contribution in [0.5, 0.6) is 17.2 Å². The molecule has 0 heterocycles. The number of ether oxygens (including phenoxy) is 3. The molecule has 0 aliphatic carbocycles. The van der Waals surface area contributed by atoms with E-state index in [1.807, 2.05) is 12.1 Å². The van der Waals surface area contributed by atoms with E-state index in [0.29, 0.717) is 29.2 Å². The molecule has 3 aromatic rings. The molecule has 0 saturated carbocycles. The molecule has 0 N–H and O–H groups in total. The van der Waals surface area contributed by atoms with Crippen molar-refractivity contribution in [1.29, 1.82) is 0 Å². The van der Waals surface area contributed by atoms with Crippen LogP contribution in [-0.2, 0) is 6.42 Å². The number of esters is 2. The fraction of sp³-hybridized carbons (Fsp3) is 0.355. The van der Waals surface area contributed by atoms with Crippen molar-refractivity contribution in [2.75, 3.05) is 6.61 Å². The van der Waals surface area contributed by atoms with E-state index in [-0.39, 0.29) is 0 Å². The van der Waals surface area contributed by atoms with Crippen molar-refractivity contribution in [2.24, 2.45) is 0 Å². The molecule has 0 aliphatic heterocycles. The molecule has 0 spiro atoms. The summed E-state index contributed by atoms with van der Waals surface area (Å²) in [6, 6.07) is 20.8. The van der Waals surface area contributed by atoms with Gasteiger partial charge in [0.15, 0.2) is 0 Å². The fourth-order valence-electron chi connectivity index (χ4n) is 3.76. The van der Waals surface area contributed by atoms with Gasteiger partial charge in [-0.25, -0.2) is 9.59 Å². The first-order valence-corrected chi connectivity index (χ1v) is 12.9. The highest BCUT2D eigenvalue weighted by Gasteiger charge is 2.12. The highest BCUT2D eigenvalue weighted by molar-refractivity contribution is 5.92. The second-order valence-corrected chi connectivity index (χ2v) is 8.84. The zero-order valence-electron chi connectivity index (χ0n) is 21.3. The Kier molecular flexibility index (Phi) is 11.0. The summed E-state index contributed by atoms with van der Waals surface area (Å²) in [4.78, 5) is 24.9. The summed E-state index contributed by atoms with van der Waals surface area (Å²) >= 11 is 0. The molecule has 0 saturated heterocycles. The Morgan fingerprint density at radius 1 is 0.556 bits per heavy atom. The molecule has 5 nitrogen and oxygen atoms in total. The van der Waals surface area contributed by atoms with E-state index in [0.717, 1.165) is 25.0 Å². The maximum absolute atomic E-state index is 12.5. The Hall–Kier alpha value is -3.60. The van der Waals surface area contributed by atoms with Crippen LogP contribution in [0.3, 0.4) is 0 Å². The van der Waals surface area contributed by atoms with Crippen molar-refractivity contribution in [3.05, 3.63) is 89.5 Å². The number of aryl methyl sites for hydroxylation is 1. The van der Waals surface area contributed by atoms with E-state index in [1.165, 1.54) is 37.7 Å². The Balaban J connectivity index is 1.44. The van der Waals surface area contributed by atoms with Gasteiger partial charge < -0.3 is 14.2 Å². The van der Waals surface area contributed by atoms with Crippen molar-refractivity contribution < 1.29 is 23.8 Å². The van der Waals surface area contributed by atoms with E-state index >= 15 is 0 Å². The fourth-order valence-corrected chi connectivity index (χ4v) is 3.76. The van der Waals surface area contributed by atoms with E-state index in [4.69, 9.17) is 14.2 Å². The lowest BCUT2D eigenvalue weighted by atomic mass is 10.1. The zero-order valence-corrected chi connectivity index (χ0v) is 21.3. The van der Waals surface area contributed by atoms with Crippen LogP contribution >= 0.6 is 0 Å². The van der Waals surface area contributed by atoms with Crippen molar-refractivity contribution in [3.63, 3.8) is 0 Å². The Labute approximate surface area is 214 Å². The van der Waals surface area contributed by atoms with Crippen LogP contribution in [0.4, 0.5) is 0 Å². The highest BCUT2D eigenvalue weighted by atomic mass is 16.5. The van der Waals surface area contributed by atoms with Gasteiger partial charge in [-0.2, -0.15) is 0 Å². The number of benzene rings is 3. The maximum atomic E-state index is 12.5. The van der Waals surface area contributed by atoms with Crippen molar-refractivity contribution in [2.45, 2.75) is 65.2 Å². The van der Waals surface area contributed by atoms with Gasteiger partial charge in [-0.1, -0.05) is 64.5 Å². The van der Waals surface area contributed by atoms with Gasteiger partial charge in [-0.3, -0.25) is 0 Å². The minimum Gasteiger partial charge on any atom is -0.494 e. The molecule has 0 fully saturated rings. The summed E-state index contributed by atoms with van der Waals surface area (Å²) in [5.74, 6) is 0.636. The smallest absolute Gasteiger partial charge is 0.343 e. The molecule has 190 valence electrons. The van der Waals surface area contributed by atoms with Gasteiger partial charge >= 0.3 is 11.9 Å². The van der Waals surface area contributed by atoms with Gasteiger partial charge in [-0.05, 0) is 79.1 Å². The lowest BCUT2D eigenvalue weighted by molar-refractivity contribution is 0.0730. The Morgan fingerprint density at radius 2 is 1.03 bits per heavy atom. The molecule has 5 heteroatoms. The zero-order chi connectivity index (χ0) is 25.6. The van der Waals surface area contributed by atoms with Gasteiger partial charge in [-0.15, -0.1) is 0 Å². The van der Waals surface area contributed by atoms with Crippen LogP contribution in [0.2, 0.25) is 0 Å². The van der Waals surface area contributed by atoms with E-state index in [9.17, 15) is 9.59 Å². The van der Waals surface area contributed by atoms with Crippen LogP contribution in [-0.4, -0.2) is 18.5 Å². The van der Waals surface area contributed by atoms with E-state index < -0.39 is 11.9 Å². The number of unbranched alkanes of at least 4 members (excludes halogenated alkanes) is 5. The number of hydrogen-bond donors (Lipinski definition) is 0. The van der Waals surface area contributed by atoms with Gasteiger partial charge in [0.2, 0.25) is 0 Å². The van der Waals surface area contributed by atoms with Gasteiger partial charge in [0, 0.05) is 0 Å². The molecule has 0 atom stereocenters. The average molecular weight is 489 g/mol. The summed E-state index contributed by atoms with van der Waals surface area (Å²) in [6.07, 6.45) is 9.34. The standard InChI is InChI=1S/C31H36O5/c1-3-5-6-7-8-9-23-34-27-19-21-29(22-20-27)36-31(33)26-15-17-28(18-16-26)35-30(32)25-13-11-24(10-4-2)12-14-25/h11-22H,3-10,23H2,1-2H3. The third-order valence-electron chi connectivity index (χ3n) is 5.83. The topological polar surface area (TPSA) is 61.8 Å². The Bertz CT molecular complexity index is 1070. The largest absolute Gasteiger partial charge is 0.494 e. The minimum atomic E-state index is -0.486. The number of rotatable bonds is 14. The predicted octanol–water partition coefficient (Wildman–Crippen LogP) is 7.82. The van der Waals surface area contributed by atoms with Crippen molar-refractivity contribution in [1.82, 2.24) is 0 Å². The normalized spacial score (nSPS) is 10.6. The third-order valence-corrected chi connectivity index (χ3v) is 5.83. The molecule has 36 heavy (non-hydrogen) atoms. The van der Waals surface area contributed by atoms with Gasteiger partial charge in [0.1, 0.15) is 17.2 Å². The molecule has 0 amide bonds. The van der Waals surface area contributed by atoms with Crippen LogP contribution in [0, 0.1) is 0 Å². The van der Waals surface area contributed by atoms with E-state index in [1.54, 1.807) is 60.7 Å². The average Bonchev–Trinajstić information content (AvgIpc) is 2.90. The van der Waals surface area contributed by atoms with Crippen LogP contribution in [0.15, 0.2) is 72.8 Å². The maximum Gasteiger partial charge on any atom is 0.343 e. The molecule has 3 aromatic carbocycles. The number of carbonyl (C=O) groups is 2. The second-order valence-electron chi connectivity index (χ2n) is 8.84. The van der Waals surface area contributed by atoms with Gasteiger partial charge in [0.25, 0.3) is 0 Å². The van der Waals surface area contributed by atoms with E-state index in [2.05, 4.69) is 13.8 Å². The van der Waals surface area contributed by atoms with Gasteiger partial charge in [0.05, 0.1) is 17.7 Å². The quantitative estimate of drug-likeness (QED) is 0.131. The number of hydrogen-bond acceptors (Lipinski definition) is 5. The molecular weight excluding hydrogens is 452 g/mol. The van der Waals surface area contributed by atoms with Crippen LogP contribution < -0.4 is 14.2 Å². The van der Waals surface area contributed by atoms with Crippen LogP contribution in [0.25, 0.3) is 0 Å². The summed E-state index contributed by atoms with van der Waals surface area (Å²) in [7, 11) is 0. The first-order chi connectivity index (χ1) is 17.6. The molecular formula is C31H36O5.